The van der Waals surface area contributed by atoms with E-state index in [-0.39, 0.29) is 5.75 Å². The first-order chi connectivity index (χ1) is 9.72. The minimum Gasteiger partial charge on any atom is -0.508 e. The van der Waals surface area contributed by atoms with Gasteiger partial charge in [0.1, 0.15) is 5.75 Å². The number of aromatic hydroxyl groups is 1. The molecule has 0 fully saturated rings. The molecule has 3 rings (SSSR count). The third-order valence-corrected chi connectivity index (χ3v) is 3.15. The number of hydrogen-bond donors (Lipinski definition) is 2. The number of fused-ring (bicyclic) bond motifs is 1. The summed E-state index contributed by atoms with van der Waals surface area (Å²) in [5.74, 6) is 0.247. The Morgan fingerprint density at radius 1 is 1.00 bits per heavy atom. The van der Waals surface area contributed by atoms with Crippen molar-refractivity contribution in [1.82, 2.24) is 9.97 Å². The van der Waals surface area contributed by atoms with E-state index in [1.165, 1.54) is 0 Å². The second-order valence-electron chi connectivity index (χ2n) is 4.65. The summed E-state index contributed by atoms with van der Waals surface area (Å²) in [6.45, 7) is 2.53. The number of benzene rings is 2. The van der Waals surface area contributed by atoms with Crippen molar-refractivity contribution in [2.45, 2.75) is 13.5 Å². The molecule has 2 aromatic carbocycles. The molecule has 1 heterocycles. The highest BCUT2D eigenvalue weighted by Gasteiger charge is 2.05. The molecule has 4 heteroatoms. The van der Waals surface area contributed by atoms with Crippen molar-refractivity contribution in [3.8, 4) is 5.75 Å². The molecule has 0 atom stereocenters. The molecule has 20 heavy (non-hydrogen) atoms. The number of hydrogen-bond acceptors (Lipinski definition) is 4. The van der Waals surface area contributed by atoms with Crippen molar-refractivity contribution in [3.05, 3.63) is 59.9 Å². The van der Waals surface area contributed by atoms with Crippen molar-refractivity contribution in [3.63, 3.8) is 0 Å². The van der Waals surface area contributed by atoms with E-state index in [0.29, 0.717) is 6.54 Å². The van der Waals surface area contributed by atoms with Crippen LogP contribution < -0.4 is 5.32 Å². The molecule has 0 aliphatic carbocycles. The molecule has 0 aliphatic heterocycles. The molecular formula is C16H15N3O. The standard InChI is InChI=1S/C16H15N3O/c1-11-16(10-17-12-5-4-6-13(20)9-12)19-15-8-3-2-7-14(15)18-11/h2-9,17,20H,10H2,1H3. The summed E-state index contributed by atoms with van der Waals surface area (Å²) in [5.41, 5.74) is 4.49. The van der Waals surface area contributed by atoms with Gasteiger partial charge < -0.3 is 10.4 Å². The lowest BCUT2D eigenvalue weighted by molar-refractivity contribution is 0.475. The molecule has 0 saturated heterocycles. The number of anilines is 1. The van der Waals surface area contributed by atoms with Gasteiger partial charge in [-0.3, -0.25) is 0 Å². The van der Waals surface area contributed by atoms with E-state index < -0.39 is 0 Å². The fourth-order valence-corrected chi connectivity index (χ4v) is 2.09. The fraction of sp³-hybridized carbons (Fsp3) is 0.125. The summed E-state index contributed by atoms with van der Waals surface area (Å²) in [4.78, 5) is 9.18. The maximum atomic E-state index is 9.44. The van der Waals surface area contributed by atoms with Gasteiger partial charge in [0.15, 0.2) is 0 Å². The van der Waals surface area contributed by atoms with Gasteiger partial charge >= 0.3 is 0 Å². The number of rotatable bonds is 3. The largest absolute Gasteiger partial charge is 0.508 e. The zero-order valence-corrected chi connectivity index (χ0v) is 11.2. The number of aromatic nitrogens is 2. The van der Waals surface area contributed by atoms with E-state index in [4.69, 9.17) is 0 Å². The molecule has 3 aromatic rings. The van der Waals surface area contributed by atoms with E-state index >= 15 is 0 Å². The van der Waals surface area contributed by atoms with E-state index in [1.54, 1.807) is 18.2 Å². The number of aryl methyl sites for hydroxylation is 1. The van der Waals surface area contributed by atoms with Crippen molar-refractivity contribution in [2.24, 2.45) is 0 Å². The summed E-state index contributed by atoms with van der Waals surface area (Å²) in [5, 5.41) is 12.7. The van der Waals surface area contributed by atoms with Gasteiger partial charge in [-0.1, -0.05) is 18.2 Å². The highest BCUT2D eigenvalue weighted by atomic mass is 16.3. The number of para-hydroxylation sites is 2. The van der Waals surface area contributed by atoms with Crippen molar-refractivity contribution in [2.75, 3.05) is 5.32 Å². The van der Waals surface area contributed by atoms with Crippen LogP contribution in [0.3, 0.4) is 0 Å². The number of nitrogens with one attached hydrogen (secondary N) is 1. The van der Waals surface area contributed by atoms with Crippen LogP contribution in [-0.2, 0) is 6.54 Å². The third kappa shape index (κ3) is 2.54. The maximum Gasteiger partial charge on any atom is 0.117 e. The van der Waals surface area contributed by atoms with Crippen LogP contribution in [0.5, 0.6) is 5.75 Å². The van der Waals surface area contributed by atoms with Gasteiger partial charge in [0.05, 0.1) is 29.0 Å². The normalized spacial score (nSPS) is 10.7. The molecule has 0 bridgehead atoms. The highest BCUT2D eigenvalue weighted by molar-refractivity contribution is 5.74. The summed E-state index contributed by atoms with van der Waals surface area (Å²) in [6, 6.07) is 14.9. The summed E-state index contributed by atoms with van der Waals surface area (Å²) in [7, 11) is 0. The Labute approximate surface area is 117 Å². The molecule has 0 aliphatic rings. The first kappa shape index (κ1) is 12.4. The Kier molecular flexibility index (Phi) is 3.21. The molecule has 2 N–H and O–H groups in total. The number of nitrogens with zero attached hydrogens (tertiary/aromatic N) is 2. The summed E-state index contributed by atoms with van der Waals surface area (Å²) >= 11 is 0. The van der Waals surface area contributed by atoms with E-state index in [2.05, 4.69) is 15.3 Å². The van der Waals surface area contributed by atoms with E-state index in [0.717, 1.165) is 28.1 Å². The van der Waals surface area contributed by atoms with Gasteiger partial charge in [-0.2, -0.15) is 0 Å². The molecule has 0 spiro atoms. The first-order valence-electron chi connectivity index (χ1n) is 6.47. The fourth-order valence-electron chi connectivity index (χ4n) is 2.09. The lowest BCUT2D eigenvalue weighted by Crippen LogP contribution is -2.05. The lowest BCUT2D eigenvalue weighted by atomic mass is 10.2. The summed E-state index contributed by atoms with van der Waals surface area (Å²) in [6.07, 6.45) is 0. The lowest BCUT2D eigenvalue weighted by Gasteiger charge is -2.09. The number of phenols is 1. The molecule has 4 nitrogen and oxygen atoms in total. The molecule has 0 amide bonds. The van der Waals surface area contributed by atoms with Gasteiger partial charge in [-0.25, -0.2) is 9.97 Å². The smallest absolute Gasteiger partial charge is 0.117 e. The Bertz CT molecular complexity index is 756. The first-order valence-corrected chi connectivity index (χ1v) is 6.47. The second-order valence-corrected chi connectivity index (χ2v) is 4.65. The van der Waals surface area contributed by atoms with Gasteiger partial charge in [0.25, 0.3) is 0 Å². The van der Waals surface area contributed by atoms with Crippen LogP contribution in [0.4, 0.5) is 5.69 Å². The SMILES string of the molecule is Cc1nc2ccccc2nc1CNc1cccc(O)c1. The van der Waals surface area contributed by atoms with Crippen LogP contribution in [-0.4, -0.2) is 15.1 Å². The van der Waals surface area contributed by atoms with Crippen LogP contribution >= 0.6 is 0 Å². The third-order valence-electron chi connectivity index (χ3n) is 3.15. The topological polar surface area (TPSA) is 58.0 Å². The van der Waals surface area contributed by atoms with Crippen molar-refractivity contribution < 1.29 is 5.11 Å². The Morgan fingerprint density at radius 3 is 2.50 bits per heavy atom. The van der Waals surface area contributed by atoms with Crippen molar-refractivity contribution in [1.29, 1.82) is 0 Å². The minimum absolute atomic E-state index is 0.247. The van der Waals surface area contributed by atoms with Crippen LogP contribution in [0.1, 0.15) is 11.4 Å². The minimum atomic E-state index is 0.247. The molecule has 0 unspecified atom stereocenters. The molecule has 0 radical (unpaired) electrons. The van der Waals surface area contributed by atoms with Crippen LogP contribution in [0.15, 0.2) is 48.5 Å². The van der Waals surface area contributed by atoms with Gasteiger partial charge in [0.2, 0.25) is 0 Å². The quantitative estimate of drug-likeness (QED) is 0.763. The zero-order valence-electron chi connectivity index (χ0n) is 11.2. The Balaban J connectivity index is 1.85. The molecule has 100 valence electrons. The van der Waals surface area contributed by atoms with Gasteiger partial charge in [-0.05, 0) is 31.2 Å². The predicted octanol–water partition coefficient (Wildman–Crippen LogP) is 3.26. The molecule has 1 aromatic heterocycles. The van der Waals surface area contributed by atoms with Crippen LogP contribution in [0, 0.1) is 6.92 Å². The van der Waals surface area contributed by atoms with Gasteiger partial charge in [0, 0.05) is 11.8 Å². The molecule has 0 saturated carbocycles. The molecular weight excluding hydrogens is 250 g/mol. The van der Waals surface area contributed by atoms with Crippen molar-refractivity contribution >= 4 is 16.7 Å². The maximum absolute atomic E-state index is 9.44. The average Bonchev–Trinajstić information content (AvgIpc) is 2.45. The van der Waals surface area contributed by atoms with Crippen LogP contribution in [0.2, 0.25) is 0 Å². The Hall–Kier alpha value is -2.62. The summed E-state index contributed by atoms with van der Waals surface area (Å²) < 4.78 is 0. The zero-order chi connectivity index (χ0) is 13.9. The van der Waals surface area contributed by atoms with E-state index in [9.17, 15) is 5.11 Å². The average molecular weight is 265 g/mol. The number of phenolic OH excluding ortho intramolecular Hbond substituents is 1. The Morgan fingerprint density at radius 2 is 1.75 bits per heavy atom. The monoisotopic (exact) mass is 265 g/mol. The van der Waals surface area contributed by atoms with Gasteiger partial charge in [-0.15, -0.1) is 0 Å². The van der Waals surface area contributed by atoms with Crippen LogP contribution in [0.25, 0.3) is 11.0 Å². The highest BCUT2D eigenvalue weighted by Crippen LogP contribution is 2.17. The van der Waals surface area contributed by atoms with E-state index in [1.807, 2.05) is 37.3 Å². The predicted molar refractivity (Wildman–Crippen MR) is 79.7 cm³/mol. The second kappa shape index (κ2) is 5.17.